The molecule has 1 aliphatic carbocycles. The second kappa shape index (κ2) is 4.03. The van der Waals surface area contributed by atoms with Crippen molar-refractivity contribution in [1.82, 2.24) is 19.7 Å². The van der Waals surface area contributed by atoms with Gasteiger partial charge in [-0.25, -0.2) is 14.6 Å². The van der Waals surface area contributed by atoms with Crippen molar-refractivity contribution in [3.05, 3.63) is 42.9 Å². The van der Waals surface area contributed by atoms with Gasteiger partial charge in [-0.05, 0) is 31.9 Å². The van der Waals surface area contributed by atoms with Gasteiger partial charge in [0.2, 0.25) is 0 Å². The van der Waals surface area contributed by atoms with Crippen molar-refractivity contribution < 1.29 is 0 Å². The van der Waals surface area contributed by atoms with Crippen LogP contribution in [0, 0.1) is 0 Å². The molecule has 0 amide bonds. The van der Waals surface area contributed by atoms with E-state index in [1.807, 2.05) is 41.2 Å². The standard InChI is InChI=1S/C15H15N5/c1-15(7-8-15)19-13-12-9-18-20(14(12)17-10-16-13)11-5-3-2-4-6-11/h2-6,9-10H,7-8H2,1H3,(H,16,17,19). The van der Waals surface area contributed by atoms with Crippen molar-refractivity contribution in [2.75, 3.05) is 5.32 Å². The molecule has 0 radical (unpaired) electrons. The number of hydrogen-bond acceptors (Lipinski definition) is 4. The number of aromatic nitrogens is 4. The summed E-state index contributed by atoms with van der Waals surface area (Å²) >= 11 is 0. The van der Waals surface area contributed by atoms with Gasteiger partial charge in [-0.2, -0.15) is 5.10 Å². The van der Waals surface area contributed by atoms with Crippen LogP contribution in [-0.4, -0.2) is 25.3 Å². The van der Waals surface area contributed by atoms with Gasteiger partial charge in [0.05, 0.1) is 17.3 Å². The Morgan fingerprint density at radius 3 is 2.70 bits per heavy atom. The van der Waals surface area contributed by atoms with Crippen LogP contribution in [0.5, 0.6) is 0 Å². The highest BCUT2D eigenvalue weighted by molar-refractivity contribution is 5.87. The first-order chi connectivity index (χ1) is 9.75. The average molecular weight is 265 g/mol. The van der Waals surface area contributed by atoms with Crippen molar-refractivity contribution in [3.8, 4) is 5.69 Å². The summed E-state index contributed by atoms with van der Waals surface area (Å²) in [5.74, 6) is 0.872. The summed E-state index contributed by atoms with van der Waals surface area (Å²) in [6.45, 7) is 2.21. The second-order valence-electron chi connectivity index (χ2n) is 5.54. The number of hydrogen-bond donors (Lipinski definition) is 1. The maximum atomic E-state index is 4.45. The second-order valence-corrected chi connectivity index (χ2v) is 5.54. The lowest BCUT2D eigenvalue weighted by molar-refractivity contribution is 0.822. The first-order valence-corrected chi connectivity index (χ1v) is 6.78. The smallest absolute Gasteiger partial charge is 0.168 e. The first-order valence-electron chi connectivity index (χ1n) is 6.78. The minimum Gasteiger partial charge on any atom is -0.364 e. The van der Waals surface area contributed by atoms with E-state index in [1.165, 1.54) is 12.8 Å². The summed E-state index contributed by atoms with van der Waals surface area (Å²) in [5.41, 5.74) is 2.03. The highest BCUT2D eigenvalue weighted by Gasteiger charge is 2.37. The third kappa shape index (κ3) is 1.82. The predicted molar refractivity (Wildman–Crippen MR) is 77.9 cm³/mol. The van der Waals surface area contributed by atoms with Gasteiger partial charge in [-0.15, -0.1) is 0 Å². The van der Waals surface area contributed by atoms with Gasteiger partial charge in [0.15, 0.2) is 5.65 Å². The Kier molecular flexibility index (Phi) is 2.30. The summed E-state index contributed by atoms with van der Waals surface area (Å²) in [4.78, 5) is 8.74. The van der Waals surface area contributed by atoms with Crippen LogP contribution in [0.25, 0.3) is 16.7 Å². The van der Waals surface area contributed by atoms with Crippen molar-refractivity contribution in [1.29, 1.82) is 0 Å². The molecule has 0 spiro atoms. The monoisotopic (exact) mass is 265 g/mol. The molecule has 0 atom stereocenters. The number of benzene rings is 1. The summed E-state index contributed by atoms with van der Waals surface area (Å²) in [6.07, 6.45) is 5.80. The molecule has 1 saturated carbocycles. The fourth-order valence-corrected chi connectivity index (χ4v) is 2.30. The van der Waals surface area contributed by atoms with E-state index in [2.05, 4.69) is 27.3 Å². The molecule has 2 aromatic heterocycles. The van der Waals surface area contributed by atoms with Crippen molar-refractivity contribution in [3.63, 3.8) is 0 Å². The molecular formula is C15H15N5. The van der Waals surface area contributed by atoms with E-state index in [-0.39, 0.29) is 5.54 Å². The van der Waals surface area contributed by atoms with E-state index in [0.29, 0.717) is 0 Å². The lowest BCUT2D eigenvalue weighted by Gasteiger charge is -2.12. The summed E-state index contributed by atoms with van der Waals surface area (Å²) < 4.78 is 1.84. The largest absolute Gasteiger partial charge is 0.364 e. The van der Waals surface area contributed by atoms with E-state index in [4.69, 9.17) is 0 Å². The predicted octanol–water partition coefficient (Wildman–Crippen LogP) is 2.78. The zero-order valence-electron chi connectivity index (χ0n) is 11.2. The molecule has 0 aliphatic heterocycles. The van der Waals surface area contributed by atoms with E-state index in [0.717, 1.165) is 22.5 Å². The highest BCUT2D eigenvalue weighted by atomic mass is 15.3. The molecule has 1 aromatic carbocycles. The molecule has 1 fully saturated rings. The quantitative estimate of drug-likeness (QED) is 0.791. The van der Waals surface area contributed by atoms with Crippen LogP contribution in [0.3, 0.4) is 0 Å². The molecule has 2 heterocycles. The fourth-order valence-electron chi connectivity index (χ4n) is 2.30. The molecule has 3 aromatic rings. The molecule has 1 N–H and O–H groups in total. The minimum atomic E-state index is 0.191. The lowest BCUT2D eigenvalue weighted by atomic mass is 10.3. The molecule has 5 heteroatoms. The Hall–Kier alpha value is -2.43. The molecule has 100 valence electrons. The molecule has 4 rings (SSSR count). The molecule has 0 unspecified atom stereocenters. The van der Waals surface area contributed by atoms with Gasteiger partial charge < -0.3 is 5.32 Å². The molecular weight excluding hydrogens is 250 g/mol. The van der Waals surface area contributed by atoms with Crippen LogP contribution in [0.15, 0.2) is 42.9 Å². The summed E-state index contributed by atoms with van der Waals surface area (Å²) in [6, 6.07) is 10.0. The first kappa shape index (κ1) is 11.4. The Morgan fingerprint density at radius 1 is 1.15 bits per heavy atom. The average Bonchev–Trinajstić information content (AvgIpc) is 3.03. The molecule has 0 bridgehead atoms. The van der Waals surface area contributed by atoms with Gasteiger partial charge in [0.1, 0.15) is 12.1 Å². The molecule has 5 nitrogen and oxygen atoms in total. The molecule has 0 saturated heterocycles. The highest BCUT2D eigenvalue weighted by Crippen LogP contribution is 2.38. The molecule has 20 heavy (non-hydrogen) atoms. The van der Waals surface area contributed by atoms with E-state index in [1.54, 1.807) is 6.33 Å². The Morgan fingerprint density at radius 2 is 1.95 bits per heavy atom. The number of fused-ring (bicyclic) bond motifs is 1. The zero-order chi connectivity index (χ0) is 13.6. The van der Waals surface area contributed by atoms with Crippen LogP contribution in [-0.2, 0) is 0 Å². The maximum absolute atomic E-state index is 4.45. The topological polar surface area (TPSA) is 55.6 Å². The van der Waals surface area contributed by atoms with Gasteiger partial charge in [0, 0.05) is 5.54 Å². The zero-order valence-corrected chi connectivity index (χ0v) is 11.2. The minimum absolute atomic E-state index is 0.191. The van der Waals surface area contributed by atoms with Crippen LogP contribution < -0.4 is 5.32 Å². The van der Waals surface area contributed by atoms with Crippen LogP contribution in [0.1, 0.15) is 19.8 Å². The van der Waals surface area contributed by atoms with Crippen LogP contribution in [0.2, 0.25) is 0 Å². The van der Waals surface area contributed by atoms with Gasteiger partial charge in [0.25, 0.3) is 0 Å². The van der Waals surface area contributed by atoms with Crippen LogP contribution >= 0.6 is 0 Å². The summed E-state index contributed by atoms with van der Waals surface area (Å²) in [5, 5.41) is 8.91. The maximum Gasteiger partial charge on any atom is 0.168 e. The number of nitrogens with zero attached hydrogens (tertiary/aromatic N) is 4. The fraction of sp³-hybridized carbons (Fsp3) is 0.267. The SMILES string of the molecule is CC1(Nc2ncnc3c2cnn3-c2ccccc2)CC1. The van der Waals surface area contributed by atoms with Crippen molar-refractivity contribution in [2.45, 2.75) is 25.3 Å². The third-order valence-corrected chi connectivity index (χ3v) is 3.79. The van der Waals surface area contributed by atoms with E-state index in [9.17, 15) is 0 Å². The third-order valence-electron chi connectivity index (χ3n) is 3.79. The van der Waals surface area contributed by atoms with Crippen LogP contribution in [0.4, 0.5) is 5.82 Å². The summed E-state index contributed by atoms with van der Waals surface area (Å²) in [7, 11) is 0. The van der Waals surface area contributed by atoms with E-state index >= 15 is 0 Å². The number of anilines is 1. The van der Waals surface area contributed by atoms with Gasteiger partial charge in [-0.1, -0.05) is 18.2 Å². The number of nitrogens with one attached hydrogen (secondary N) is 1. The normalized spacial score (nSPS) is 16.2. The Balaban J connectivity index is 1.83. The van der Waals surface area contributed by atoms with Crippen molar-refractivity contribution >= 4 is 16.9 Å². The Labute approximate surface area is 116 Å². The number of para-hydroxylation sites is 1. The molecule has 1 aliphatic rings. The van der Waals surface area contributed by atoms with E-state index < -0.39 is 0 Å². The van der Waals surface area contributed by atoms with Crippen molar-refractivity contribution in [2.24, 2.45) is 0 Å². The van der Waals surface area contributed by atoms with Gasteiger partial charge >= 0.3 is 0 Å². The Bertz CT molecular complexity index is 758. The lowest BCUT2D eigenvalue weighted by Crippen LogP contribution is -2.17. The van der Waals surface area contributed by atoms with Gasteiger partial charge in [-0.3, -0.25) is 0 Å². The number of rotatable bonds is 3.